The van der Waals surface area contributed by atoms with E-state index in [0.29, 0.717) is 32.1 Å². The number of cyclic esters (lactones) is 4. The Morgan fingerprint density at radius 1 is 0.778 bits per heavy atom. The Hall–Kier alpha value is -1.72. The molecule has 2 fully saturated rings. The van der Waals surface area contributed by atoms with Crippen molar-refractivity contribution in [1.29, 1.82) is 0 Å². The van der Waals surface area contributed by atoms with Crippen LogP contribution in [0.2, 0.25) is 0 Å². The Kier molecular flexibility index (Phi) is 4.58. The van der Waals surface area contributed by atoms with Crippen LogP contribution in [0, 0.1) is 5.41 Å². The van der Waals surface area contributed by atoms with Crippen molar-refractivity contribution < 1.29 is 28.7 Å². The Balaban J connectivity index is 0.000000184. The zero-order chi connectivity index (χ0) is 13.8. The van der Waals surface area contributed by atoms with Crippen LogP contribution in [0.25, 0.3) is 0 Å². The molecule has 6 heteroatoms. The molecule has 2 aliphatic heterocycles. The highest BCUT2D eigenvalue weighted by Gasteiger charge is 2.33. The average Bonchev–Trinajstić information content (AvgIpc) is 2.13. The SMILES string of the molecule is CC1(C)CC(=O)OC(=O)C1.O=C1CCCC(=O)O1. The zero-order valence-electron chi connectivity index (χ0n) is 10.5. The highest BCUT2D eigenvalue weighted by molar-refractivity contribution is 5.89. The fourth-order valence-electron chi connectivity index (χ4n) is 1.65. The largest absolute Gasteiger partial charge is 0.393 e. The first-order valence-corrected chi connectivity index (χ1v) is 5.75. The lowest BCUT2D eigenvalue weighted by atomic mass is 9.84. The molecule has 0 saturated carbocycles. The van der Waals surface area contributed by atoms with Gasteiger partial charge in [-0.3, -0.25) is 19.2 Å². The quantitative estimate of drug-likeness (QED) is 0.476. The van der Waals surface area contributed by atoms with E-state index in [1.165, 1.54) is 0 Å². The van der Waals surface area contributed by atoms with Crippen LogP contribution >= 0.6 is 0 Å². The number of hydrogen-bond acceptors (Lipinski definition) is 6. The van der Waals surface area contributed by atoms with Crippen LogP contribution in [0.4, 0.5) is 0 Å². The van der Waals surface area contributed by atoms with Crippen LogP contribution in [0.5, 0.6) is 0 Å². The molecular formula is C12H16O6. The topological polar surface area (TPSA) is 86.7 Å². The van der Waals surface area contributed by atoms with E-state index in [4.69, 9.17) is 0 Å². The van der Waals surface area contributed by atoms with Gasteiger partial charge in [0, 0.05) is 12.8 Å². The molecule has 6 nitrogen and oxygen atoms in total. The first kappa shape index (κ1) is 14.3. The van der Waals surface area contributed by atoms with Gasteiger partial charge in [0.2, 0.25) is 0 Å². The van der Waals surface area contributed by atoms with Crippen molar-refractivity contribution in [2.45, 2.75) is 46.0 Å². The lowest BCUT2D eigenvalue weighted by Crippen LogP contribution is -2.30. The monoisotopic (exact) mass is 256 g/mol. The van der Waals surface area contributed by atoms with Gasteiger partial charge in [-0.15, -0.1) is 0 Å². The maximum Gasteiger partial charge on any atom is 0.313 e. The van der Waals surface area contributed by atoms with Crippen molar-refractivity contribution in [1.82, 2.24) is 0 Å². The van der Waals surface area contributed by atoms with Crippen LogP contribution in [-0.4, -0.2) is 23.9 Å². The second kappa shape index (κ2) is 5.75. The Bertz CT molecular complexity index is 350. The van der Waals surface area contributed by atoms with Crippen molar-refractivity contribution in [3.05, 3.63) is 0 Å². The second-order valence-corrected chi connectivity index (χ2v) is 5.06. The summed E-state index contributed by atoms with van der Waals surface area (Å²) in [5, 5.41) is 0. The molecule has 0 radical (unpaired) electrons. The van der Waals surface area contributed by atoms with Gasteiger partial charge in [0.1, 0.15) is 0 Å². The van der Waals surface area contributed by atoms with Gasteiger partial charge in [-0.25, -0.2) is 0 Å². The third-order valence-electron chi connectivity index (χ3n) is 2.46. The Morgan fingerprint density at radius 3 is 1.44 bits per heavy atom. The number of carbonyl (C=O) groups excluding carboxylic acids is 4. The minimum Gasteiger partial charge on any atom is -0.393 e. The molecular weight excluding hydrogens is 240 g/mol. The molecule has 18 heavy (non-hydrogen) atoms. The first-order chi connectivity index (χ1) is 8.28. The van der Waals surface area contributed by atoms with E-state index in [1.54, 1.807) is 0 Å². The third-order valence-corrected chi connectivity index (χ3v) is 2.46. The normalized spacial score (nSPS) is 22.6. The van der Waals surface area contributed by atoms with Crippen LogP contribution in [0.1, 0.15) is 46.0 Å². The minimum absolute atomic E-state index is 0.202. The molecule has 0 N–H and O–H groups in total. The molecule has 0 aromatic heterocycles. The van der Waals surface area contributed by atoms with Gasteiger partial charge >= 0.3 is 23.9 Å². The van der Waals surface area contributed by atoms with Gasteiger partial charge in [-0.1, -0.05) is 13.8 Å². The van der Waals surface area contributed by atoms with Crippen LogP contribution in [-0.2, 0) is 28.7 Å². The van der Waals surface area contributed by atoms with Gasteiger partial charge < -0.3 is 9.47 Å². The van der Waals surface area contributed by atoms with E-state index in [-0.39, 0.29) is 17.4 Å². The van der Waals surface area contributed by atoms with Crippen LogP contribution in [0.3, 0.4) is 0 Å². The summed E-state index contributed by atoms with van der Waals surface area (Å²) < 4.78 is 8.55. The van der Waals surface area contributed by atoms with E-state index >= 15 is 0 Å². The lowest BCUT2D eigenvalue weighted by molar-refractivity contribution is -0.168. The number of carbonyl (C=O) groups is 4. The number of esters is 4. The summed E-state index contributed by atoms with van der Waals surface area (Å²) in [6, 6.07) is 0. The molecule has 0 unspecified atom stereocenters. The van der Waals surface area contributed by atoms with Crippen LogP contribution < -0.4 is 0 Å². The number of rotatable bonds is 0. The molecule has 0 spiro atoms. The van der Waals surface area contributed by atoms with Crippen molar-refractivity contribution in [2.24, 2.45) is 5.41 Å². The van der Waals surface area contributed by atoms with E-state index in [9.17, 15) is 19.2 Å². The minimum atomic E-state index is -0.402. The molecule has 0 bridgehead atoms. The molecule has 2 rings (SSSR count). The molecule has 0 atom stereocenters. The molecule has 2 heterocycles. The van der Waals surface area contributed by atoms with E-state index in [2.05, 4.69) is 9.47 Å². The maximum atomic E-state index is 10.6. The zero-order valence-corrected chi connectivity index (χ0v) is 10.5. The summed E-state index contributed by atoms with van der Waals surface area (Å²) in [6.45, 7) is 3.76. The summed E-state index contributed by atoms with van der Waals surface area (Å²) in [6.07, 6.45) is 2.13. The summed E-state index contributed by atoms with van der Waals surface area (Å²) in [5.74, 6) is -1.58. The lowest BCUT2D eigenvalue weighted by Gasteiger charge is -2.25. The number of ether oxygens (including phenoxy) is 2. The molecule has 0 aromatic rings. The van der Waals surface area contributed by atoms with Crippen LogP contribution in [0.15, 0.2) is 0 Å². The Morgan fingerprint density at radius 2 is 1.17 bits per heavy atom. The fourth-order valence-corrected chi connectivity index (χ4v) is 1.65. The molecule has 100 valence electrons. The van der Waals surface area contributed by atoms with Gasteiger partial charge in [-0.2, -0.15) is 0 Å². The smallest absolute Gasteiger partial charge is 0.313 e. The fraction of sp³-hybridized carbons (Fsp3) is 0.667. The summed E-state index contributed by atoms with van der Waals surface area (Å²) >= 11 is 0. The first-order valence-electron chi connectivity index (χ1n) is 5.75. The van der Waals surface area contributed by atoms with Crippen molar-refractivity contribution in [3.8, 4) is 0 Å². The highest BCUT2D eigenvalue weighted by Crippen LogP contribution is 2.29. The Labute approximate surface area is 105 Å². The van der Waals surface area contributed by atoms with E-state index in [0.717, 1.165) is 0 Å². The van der Waals surface area contributed by atoms with Gasteiger partial charge in [-0.05, 0) is 11.8 Å². The van der Waals surface area contributed by atoms with Gasteiger partial charge in [0.05, 0.1) is 12.8 Å². The molecule has 2 aliphatic rings. The highest BCUT2D eigenvalue weighted by atomic mass is 16.6. The molecule has 0 aliphatic carbocycles. The standard InChI is InChI=1S/C7H10O3.C5H6O3/c1-7(2)3-5(8)10-6(9)4-7;6-4-2-1-3-5(7)8-4/h3-4H2,1-2H3;1-3H2. The van der Waals surface area contributed by atoms with Gasteiger partial charge in [0.15, 0.2) is 0 Å². The maximum absolute atomic E-state index is 10.6. The van der Waals surface area contributed by atoms with Crippen molar-refractivity contribution >= 4 is 23.9 Å². The molecule has 2 saturated heterocycles. The summed E-state index contributed by atoms with van der Waals surface area (Å²) in [4.78, 5) is 41.8. The average molecular weight is 256 g/mol. The van der Waals surface area contributed by atoms with Gasteiger partial charge in [0.25, 0.3) is 0 Å². The van der Waals surface area contributed by atoms with Crippen molar-refractivity contribution in [3.63, 3.8) is 0 Å². The second-order valence-electron chi connectivity index (χ2n) is 5.06. The summed E-state index contributed by atoms with van der Waals surface area (Å²) in [5.41, 5.74) is -0.202. The third kappa shape index (κ3) is 5.07. The predicted molar refractivity (Wildman–Crippen MR) is 59.1 cm³/mol. The van der Waals surface area contributed by atoms with E-state index < -0.39 is 11.9 Å². The molecule has 0 amide bonds. The van der Waals surface area contributed by atoms with E-state index in [1.807, 2.05) is 13.8 Å². The van der Waals surface area contributed by atoms with Crippen molar-refractivity contribution in [2.75, 3.05) is 0 Å². The predicted octanol–water partition coefficient (Wildman–Crippen LogP) is 1.12. The molecule has 0 aromatic carbocycles. The summed E-state index contributed by atoms with van der Waals surface area (Å²) in [7, 11) is 0. The number of hydrogen-bond donors (Lipinski definition) is 0.